The third kappa shape index (κ3) is 5.68. The Labute approximate surface area is 140 Å². The lowest BCUT2D eigenvalue weighted by molar-refractivity contribution is -0.114. The summed E-state index contributed by atoms with van der Waals surface area (Å²) in [7, 11) is -3.64. The Bertz CT molecular complexity index is 620. The Balaban J connectivity index is 2.93. The summed E-state index contributed by atoms with van der Waals surface area (Å²) in [4.78, 5) is 11.2. The molecule has 1 atom stereocenters. The second-order valence-corrected chi connectivity index (χ2v) is 7.59. The van der Waals surface area contributed by atoms with Crippen LogP contribution in [0.15, 0.2) is 27.6 Å². The van der Waals surface area contributed by atoms with Crippen molar-refractivity contribution in [3.63, 3.8) is 0 Å². The molecule has 0 aliphatic rings. The van der Waals surface area contributed by atoms with E-state index in [1.165, 1.54) is 19.1 Å². The Kier molecular flexibility index (Phi) is 7.47. The first kappa shape index (κ1) is 19.1. The molecular weight excluding hydrogens is 370 g/mol. The Hall–Kier alpha value is -0.960. The van der Waals surface area contributed by atoms with Gasteiger partial charge in [0.2, 0.25) is 15.9 Å². The molecule has 1 unspecified atom stereocenters. The first-order valence-corrected chi connectivity index (χ1v) is 9.37. The molecule has 0 spiro atoms. The fourth-order valence-corrected chi connectivity index (χ4v) is 3.86. The highest BCUT2D eigenvalue weighted by Crippen LogP contribution is 2.26. The van der Waals surface area contributed by atoms with Gasteiger partial charge in [-0.15, -0.1) is 0 Å². The zero-order chi connectivity index (χ0) is 16.8. The minimum Gasteiger partial charge on any atom is -0.329 e. The molecule has 4 N–H and O–H groups in total. The van der Waals surface area contributed by atoms with E-state index in [0.29, 0.717) is 16.6 Å². The van der Waals surface area contributed by atoms with Crippen molar-refractivity contribution >= 4 is 37.5 Å². The predicted molar refractivity (Wildman–Crippen MR) is 91.1 cm³/mol. The topological polar surface area (TPSA) is 101 Å². The number of hydrogen-bond acceptors (Lipinski definition) is 4. The summed E-state index contributed by atoms with van der Waals surface area (Å²) in [5.41, 5.74) is 6.15. The van der Waals surface area contributed by atoms with Gasteiger partial charge in [0.25, 0.3) is 0 Å². The number of carbonyl (C=O) groups excluding carboxylic acids is 1. The molecule has 0 aliphatic carbocycles. The van der Waals surface area contributed by atoms with E-state index in [9.17, 15) is 13.2 Å². The van der Waals surface area contributed by atoms with E-state index >= 15 is 0 Å². The Morgan fingerprint density at radius 1 is 1.41 bits per heavy atom. The van der Waals surface area contributed by atoms with Crippen LogP contribution in [0.1, 0.15) is 33.1 Å². The van der Waals surface area contributed by atoms with E-state index in [1.807, 2.05) is 6.92 Å². The second kappa shape index (κ2) is 8.61. The highest BCUT2D eigenvalue weighted by atomic mass is 79.9. The van der Waals surface area contributed by atoms with Crippen molar-refractivity contribution in [2.24, 2.45) is 5.73 Å². The van der Waals surface area contributed by atoms with Crippen LogP contribution in [0.25, 0.3) is 0 Å². The van der Waals surface area contributed by atoms with E-state index in [1.54, 1.807) is 6.07 Å². The van der Waals surface area contributed by atoms with Crippen LogP contribution in [0.5, 0.6) is 0 Å². The number of unbranched alkanes of at least 4 members (excludes halogenated alkanes) is 1. The van der Waals surface area contributed by atoms with E-state index in [4.69, 9.17) is 5.73 Å². The van der Waals surface area contributed by atoms with Crippen LogP contribution in [0, 0.1) is 0 Å². The zero-order valence-electron chi connectivity index (χ0n) is 12.7. The van der Waals surface area contributed by atoms with Gasteiger partial charge in [-0.1, -0.05) is 19.8 Å². The molecule has 22 heavy (non-hydrogen) atoms. The average molecular weight is 392 g/mol. The quantitative estimate of drug-likeness (QED) is 0.631. The van der Waals surface area contributed by atoms with E-state index in [0.717, 1.165) is 12.8 Å². The minimum atomic E-state index is -3.64. The fraction of sp³-hybridized carbons (Fsp3) is 0.500. The predicted octanol–water partition coefficient (Wildman–Crippen LogP) is 2.20. The lowest BCUT2D eigenvalue weighted by Gasteiger charge is -2.17. The molecular formula is C14H22BrN3O3S. The van der Waals surface area contributed by atoms with Crippen molar-refractivity contribution in [1.29, 1.82) is 0 Å². The van der Waals surface area contributed by atoms with Gasteiger partial charge in [-0.3, -0.25) is 4.79 Å². The maximum Gasteiger partial charge on any atom is 0.240 e. The number of anilines is 1. The molecule has 0 saturated heterocycles. The van der Waals surface area contributed by atoms with Gasteiger partial charge >= 0.3 is 0 Å². The van der Waals surface area contributed by atoms with E-state index in [2.05, 4.69) is 26.0 Å². The fourth-order valence-electron chi connectivity index (χ4n) is 1.92. The third-order valence-electron chi connectivity index (χ3n) is 3.07. The Morgan fingerprint density at radius 3 is 2.59 bits per heavy atom. The molecule has 1 rings (SSSR count). The lowest BCUT2D eigenvalue weighted by atomic mass is 10.1. The number of carbonyl (C=O) groups is 1. The summed E-state index contributed by atoms with van der Waals surface area (Å²) in [6.45, 7) is 3.68. The largest absolute Gasteiger partial charge is 0.329 e. The Morgan fingerprint density at radius 2 is 2.09 bits per heavy atom. The molecule has 1 aromatic rings. The van der Waals surface area contributed by atoms with E-state index < -0.39 is 10.0 Å². The van der Waals surface area contributed by atoms with Crippen molar-refractivity contribution in [2.45, 2.75) is 44.0 Å². The number of hydrogen-bond donors (Lipinski definition) is 3. The summed E-state index contributed by atoms with van der Waals surface area (Å²) in [5.74, 6) is -0.225. The molecule has 0 heterocycles. The molecule has 0 radical (unpaired) electrons. The van der Waals surface area contributed by atoms with Crippen molar-refractivity contribution in [1.82, 2.24) is 4.72 Å². The molecule has 1 aromatic carbocycles. The maximum atomic E-state index is 12.4. The minimum absolute atomic E-state index is 0.128. The van der Waals surface area contributed by atoms with Gasteiger partial charge in [-0.25, -0.2) is 13.1 Å². The number of nitrogens with one attached hydrogen (secondary N) is 2. The summed E-state index contributed by atoms with van der Waals surface area (Å²) in [5, 5.41) is 2.61. The number of benzene rings is 1. The SMILES string of the molecule is CCCCC(CN)NS(=O)(=O)c1ccc(NC(C)=O)c(Br)c1. The van der Waals surface area contributed by atoms with Crippen LogP contribution in [0.3, 0.4) is 0 Å². The summed E-state index contributed by atoms with van der Waals surface area (Å²) in [6, 6.07) is 4.18. The highest BCUT2D eigenvalue weighted by Gasteiger charge is 2.20. The molecule has 8 heteroatoms. The molecule has 0 saturated carbocycles. The van der Waals surface area contributed by atoms with Gasteiger partial charge in [0.05, 0.1) is 10.6 Å². The monoisotopic (exact) mass is 391 g/mol. The molecule has 0 fully saturated rings. The van der Waals surface area contributed by atoms with Crippen LogP contribution >= 0.6 is 15.9 Å². The molecule has 124 valence electrons. The van der Waals surface area contributed by atoms with Crippen LogP contribution in [0.2, 0.25) is 0 Å². The molecule has 0 aliphatic heterocycles. The second-order valence-electron chi connectivity index (χ2n) is 5.02. The third-order valence-corrected chi connectivity index (χ3v) is 5.25. The zero-order valence-corrected chi connectivity index (χ0v) is 15.1. The van der Waals surface area contributed by atoms with Crippen molar-refractivity contribution < 1.29 is 13.2 Å². The number of amides is 1. The highest BCUT2D eigenvalue weighted by molar-refractivity contribution is 9.10. The van der Waals surface area contributed by atoms with Gasteiger partial charge in [0.1, 0.15) is 0 Å². The number of rotatable bonds is 8. The summed E-state index contributed by atoms with van der Waals surface area (Å²) in [6.07, 6.45) is 2.60. The van der Waals surface area contributed by atoms with Crippen molar-refractivity contribution in [3.05, 3.63) is 22.7 Å². The number of nitrogens with two attached hydrogens (primary N) is 1. The summed E-state index contributed by atoms with van der Waals surface area (Å²) >= 11 is 3.26. The molecule has 1 amide bonds. The normalized spacial score (nSPS) is 12.9. The number of sulfonamides is 1. The van der Waals surface area contributed by atoms with Crippen LogP contribution < -0.4 is 15.8 Å². The average Bonchev–Trinajstić information content (AvgIpc) is 2.44. The van der Waals surface area contributed by atoms with Gasteiger partial charge in [-0.05, 0) is 40.5 Å². The van der Waals surface area contributed by atoms with Crippen molar-refractivity contribution in [2.75, 3.05) is 11.9 Å². The first-order chi connectivity index (χ1) is 10.3. The first-order valence-electron chi connectivity index (χ1n) is 7.09. The summed E-state index contributed by atoms with van der Waals surface area (Å²) < 4.78 is 27.9. The van der Waals surface area contributed by atoms with E-state index in [-0.39, 0.29) is 23.4 Å². The van der Waals surface area contributed by atoms with Gasteiger partial charge in [-0.2, -0.15) is 0 Å². The molecule has 0 aromatic heterocycles. The van der Waals surface area contributed by atoms with Gasteiger partial charge < -0.3 is 11.1 Å². The maximum absolute atomic E-state index is 12.4. The smallest absolute Gasteiger partial charge is 0.240 e. The van der Waals surface area contributed by atoms with Crippen LogP contribution in [0.4, 0.5) is 5.69 Å². The number of halogens is 1. The van der Waals surface area contributed by atoms with Gasteiger partial charge in [0.15, 0.2) is 0 Å². The van der Waals surface area contributed by atoms with Crippen LogP contribution in [-0.2, 0) is 14.8 Å². The lowest BCUT2D eigenvalue weighted by Crippen LogP contribution is -2.40. The molecule has 0 bridgehead atoms. The molecule has 6 nitrogen and oxygen atoms in total. The standard InChI is InChI=1S/C14H22BrN3O3S/c1-3-4-5-11(9-16)18-22(20,21)12-6-7-14(13(15)8-12)17-10(2)19/h6-8,11,18H,3-5,9,16H2,1-2H3,(H,17,19). The van der Waals surface area contributed by atoms with Crippen molar-refractivity contribution in [3.8, 4) is 0 Å². The van der Waals surface area contributed by atoms with Gasteiger partial charge in [0, 0.05) is 24.0 Å². The van der Waals surface area contributed by atoms with Crippen LogP contribution in [-0.4, -0.2) is 26.9 Å².